The van der Waals surface area contributed by atoms with Gasteiger partial charge in [-0.05, 0) is 74.1 Å². The van der Waals surface area contributed by atoms with E-state index in [2.05, 4.69) is 23.1 Å². The molecule has 1 saturated heterocycles. The van der Waals surface area contributed by atoms with Crippen LogP contribution in [0.4, 0.5) is 11.4 Å². The van der Waals surface area contributed by atoms with Crippen molar-refractivity contribution in [2.75, 3.05) is 43.2 Å². The quantitative estimate of drug-likeness (QED) is 0.520. The highest BCUT2D eigenvalue weighted by atomic mass is 16.5. The van der Waals surface area contributed by atoms with Crippen molar-refractivity contribution in [3.05, 3.63) is 76.1 Å². The fourth-order valence-electron chi connectivity index (χ4n) is 5.19. The summed E-state index contributed by atoms with van der Waals surface area (Å²) in [5, 5.41) is 0.977. The number of fused-ring (bicyclic) bond motifs is 1. The Morgan fingerprint density at radius 2 is 1.80 bits per heavy atom. The molecule has 0 bridgehead atoms. The van der Waals surface area contributed by atoms with Crippen LogP contribution in [0.1, 0.15) is 48.5 Å². The van der Waals surface area contributed by atoms with Gasteiger partial charge in [0.25, 0.3) is 11.5 Å². The lowest BCUT2D eigenvalue weighted by Crippen LogP contribution is -2.37. The van der Waals surface area contributed by atoms with Crippen LogP contribution in [0.5, 0.6) is 0 Å². The fraction of sp³-hybridized carbons (Fsp3) is 0.379. The van der Waals surface area contributed by atoms with Crippen LogP contribution in [0, 0.1) is 0 Å². The van der Waals surface area contributed by atoms with E-state index in [0.29, 0.717) is 25.3 Å². The third kappa shape index (κ3) is 4.63. The maximum Gasteiger partial charge on any atom is 0.258 e. The molecule has 1 aliphatic heterocycles. The van der Waals surface area contributed by atoms with E-state index < -0.39 is 0 Å². The number of carbonyl (C=O) groups is 1. The van der Waals surface area contributed by atoms with Crippen molar-refractivity contribution in [2.45, 2.75) is 39.2 Å². The number of nitrogens with zero attached hydrogens (tertiary/aromatic N) is 3. The third-order valence-corrected chi connectivity index (χ3v) is 7.23. The molecule has 5 rings (SSSR count). The topological polar surface area (TPSA) is 54.8 Å². The lowest BCUT2D eigenvalue weighted by atomic mass is 9.93. The van der Waals surface area contributed by atoms with Gasteiger partial charge in [0.05, 0.1) is 24.4 Å². The molecule has 0 N–H and O–H groups in total. The second kappa shape index (κ2) is 10.1. The Morgan fingerprint density at radius 1 is 1.03 bits per heavy atom. The molecule has 182 valence electrons. The Morgan fingerprint density at radius 3 is 2.49 bits per heavy atom. The Bertz CT molecular complexity index is 1320. The number of hydrogen-bond acceptors (Lipinski definition) is 4. The number of hydrogen-bond donors (Lipinski definition) is 0. The summed E-state index contributed by atoms with van der Waals surface area (Å²) in [6, 6.07) is 15.6. The molecule has 0 spiro atoms. The zero-order valence-electron chi connectivity index (χ0n) is 20.6. The first-order chi connectivity index (χ1) is 17.1. The van der Waals surface area contributed by atoms with Crippen LogP contribution in [0.25, 0.3) is 16.5 Å². The minimum Gasteiger partial charge on any atom is -0.378 e. The van der Waals surface area contributed by atoms with E-state index in [1.54, 1.807) is 15.5 Å². The van der Waals surface area contributed by atoms with Crippen molar-refractivity contribution < 1.29 is 9.53 Å². The van der Waals surface area contributed by atoms with Crippen molar-refractivity contribution in [3.63, 3.8) is 0 Å². The maximum atomic E-state index is 13.4. The number of ether oxygens (including phenoxy) is 1. The van der Waals surface area contributed by atoms with Crippen LogP contribution in [0.15, 0.2) is 59.4 Å². The van der Waals surface area contributed by atoms with Crippen LogP contribution in [0.3, 0.4) is 0 Å². The highest BCUT2D eigenvalue weighted by Crippen LogP contribution is 2.31. The first-order valence-electron chi connectivity index (χ1n) is 12.6. The molecule has 6 nitrogen and oxygen atoms in total. The summed E-state index contributed by atoms with van der Waals surface area (Å²) >= 11 is 0. The second-order valence-electron chi connectivity index (χ2n) is 9.33. The predicted molar refractivity (Wildman–Crippen MR) is 143 cm³/mol. The molecule has 35 heavy (non-hydrogen) atoms. The molecule has 2 aliphatic rings. The largest absolute Gasteiger partial charge is 0.378 e. The van der Waals surface area contributed by atoms with Gasteiger partial charge in [-0.25, -0.2) is 0 Å². The number of pyridine rings is 1. The molecule has 0 saturated carbocycles. The molecule has 1 aromatic heterocycles. The van der Waals surface area contributed by atoms with Crippen molar-refractivity contribution in [1.82, 2.24) is 4.57 Å². The van der Waals surface area contributed by atoms with Crippen LogP contribution >= 0.6 is 0 Å². The van der Waals surface area contributed by atoms with Gasteiger partial charge >= 0.3 is 0 Å². The van der Waals surface area contributed by atoms with Crippen molar-refractivity contribution >= 4 is 33.8 Å². The van der Waals surface area contributed by atoms with Crippen molar-refractivity contribution in [3.8, 4) is 0 Å². The molecule has 1 aliphatic carbocycles. The molecule has 6 heteroatoms. The molecule has 0 unspecified atom stereocenters. The Kier molecular flexibility index (Phi) is 6.73. The van der Waals surface area contributed by atoms with Gasteiger partial charge in [-0.15, -0.1) is 0 Å². The molecule has 3 aromatic rings. The van der Waals surface area contributed by atoms with E-state index in [9.17, 15) is 9.59 Å². The summed E-state index contributed by atoms with van der Waals surface area (Å²) in [7, 11) is 1.81. The lowest BCUT2D eigenvalue weighted by molar-refractivity contribution is 0.0993. The van der Waals surface area contributed by atoms with E-state index in [1.807, 2.05) is 44.3 Å². The Balaban J connectivity index is 1.48. The van der Waals surface area contributed by atoms with Crippen LogP contribution in [0.2, 0.25) is 0 Å². The number of allylic oxidation sites excluding steroid dienone is 2. The van der Waals surface area contributed by atoms with E-state index >= 15 is 0 Å². The van der Waals surface area contributed by atoms with Gasteiger partial charge in [-0.2, -0.15) is 0 Å². The molecule has 1 fully saturated rings. The van der Waals surface area contributed by atoms with Gasteiger partial charge in [0.2, 0.25) is 0 Å². The summed E-state index contributed by atoms with van der Waals surface area (Å²) in [4.78, 5) is 30.1. The first-order valence-corrected chi connectivity index (χ1v) is 12.6. The molecule has 2 aromatic carbocycles. The summed E-state index contributed by atoms with van der Waals surface area (Å²) in [6.07, 6.45) is 7.06. The van der Waals surface area contributed by atoms with E-state index in [1.165, 1.54) is 24.0 Å². The number of anilines is 2. The molecule has 0 radical (unpaired) electrons. The average Bonchev–Trinajstić information content (AvgIpc) is 2.92. The normalized spacial score (nSPS) is 16.3. The number of rotatable bonds is 5. The summed E-state index contributed by atoms with van der Waals surface area (Å²) in [5.74, 6) is -0.0507. The van der Waals surface area contributed by atoms with Gasteiger partial charge < -0.3 is 19.1 Å². The Hall–Kier alpha value is -3.38. The highest BCUT2D eigenvalue weighted by Gasteiger charge is 2.20. The van der Waals surface area contributed by atoms with Crippen molar-refractivity contribution in [1.29, 1.82) is 0 Å². The number of morpholine rings is 1. The van der Waals surface area contributed by atoms with Gasteiger partial charge in [-0.3, -0.25) is 9.59 Å². The average molecular weight is 472 g/mol. The molecular formula is C29H33N3O3. The van der Waals surface area contributed by atoms with Crippen LogP contribution < -0.4 is 15.4 Å². The van der Waals surface area contributed by atoms with Crippen LogP contribution in [-0.4, -0.2) is 43.8 Å². The summed E-state index contributed by atoms with van der Waals surface area (Å²) in [6.45, 7) is 5.34. The van der Waals surface area contributed by atoms with Gasteiger partial charge in [0, 0.05) is 49.4 Å². The summed E-state index contributed by atoms with van der Waals surface area (Å²) < 4.78 is 7.30. The maximum absolute atomic E-state index is 13.4. The number of aryl methyl sites for hydroxylation is 1. The first kappa shape index (κ1) is 23.4. The molecule has 2 heterocycles. The fourth-order valence-corrected chi connectivity index (χ4v) is 5.19. The molecule has 1 amide bonds. The Labute approximate surface area is 206 Å². The highest BCUT2D eigenvalue weighted by molar-refractivity contribution is 6.07. The predicted octanol–water partition coefficient (Wildman–Crippen LogP) is 5.09. The molecular weight excluding hydrogens is 438 g/mol. The number of carbonyl (C=O) groups excluding carboxylic acids is 1. The SMILES string of the molecule is CCn1c(=O)cc(N2CCOCC2)c2cc(N(C)C(=O)c3ccc(C4=CCCCC4)cc3)ccc21. The monoisotopic (exact) mass is 471 g/mol. The zero-order chi connectivity index (χ0) is 24.4. The minimum absolute atomic E-state index is 0.00755. The lowest BCUT2D eigenvalue weighted by Gasteiger charge is -2.30. The van der Waals surface area contributed by atoms with Crippen LogP contribution in [-0.2, 0) is 11.3 Å². The minimum atomic E-state index is -0.0507. The smallest absolute Gasteiger partial charge is 0.258 e. The standard InChI is InChI=1S/C29H33N3O3/c1-3-32-26-14-13-24(19-25(26)27(20-28(32)33)31-15-17-35-18-16-31)30(2)29(34)23-11-9-22(10-12-23)21-7-5-4-6-8-21/h7,9-14,19-20H,3-6,8,15-18H2,1-2H3. The van der Waals surface area contributed by atoms with E-state index in [0.717, 1.165) is 48.2 Å². The van der Waals surface area contributed by atoms with Gasteiger partial charge in [-0.1, -0.05) is 18.2 Å². The number of aromatic nitrogens is 1. The van der Waals surface area contributed by atoms with E-state index in [4.69, 9.17) is 4.74 Å². The summed E-state index contributed by atoms with van der Waals surface area (Å²) in [5.41, 5.74) is 5.85. The molecule has 0 atom stereocenters. The number of benzene rings is 2. The zero-order valence-corrected chi connectivity index (χ0v) is 20.6. The van der Waals surface area contributed by atoms with E-state index in [-0.39, 0.29) is 11.5 Å². The third-order valence-electron chi connectivity index (χ3n) is 7.23. The second-order valence-corrected chi connectivity index (χ2v) is 9.33. The van der Waals surface area contributed by atoms with Gasteiger partial charge in [0.1, 0.15) is 0 Å². The van der Waals surface area contributed by atoms with Crippen molar-refractivity contribution in [2.24, 2.45) is 0 Å². The number of amides is 1. The van der Waals surface area contributed by atoms with Gasteiger partial charge in [0.15, 0.2) is 0 Å².